The molecule has 0 aliphatic carbocycles. The Bertz CT molecular complexity index is 185. The average Bonchev–Trinajstić information content (AvgIpc) is 1.89. The van der Waals surface area contributed by atoms with E-state index in [1.54, 1.807) is 13.0 Å². The van der Waals surface area contributed by atoms with E-state index in [1.165, 1.54) is 6.08 Å². The van der Waals surface area contributed by atoms with Crippen molar-refractivity contribution in [2.75, 3.05) is 0 Å². The average molecular weight is 137 g/mol. The zero-order chi connectivity index (χ0) is 7.98. The van der Waals surface area contributed by atoms with Crippen molar-refractivity contribution in [1.29, 1.82) is 0 Å². The highest BCUT2D eigenvalue weighted by atomic mass is 16.4. The first kappa shape index (κ1) is 8.73. The zero-order valence-corrected chi connectivity index (χ0v) is 5.79. The molecule has 0 bridgehead atoms. The number of carboxylic acids is 1. The minimum absolute atomic E-state index is 0.740. The Balaban J connectivity index is 4.23. The molecule has 0 fully saturated rings. The Labute approximate surface area is 60.2 Å². The number of rotatable bonds is 3. The minimum Gasteiger partial charge on any atom is -0.481 e. The third-order valence-corrected chi connectivity index (χ3v) is 0.885. The molecule has 0 aromatic rings. The number of carboxylic acid groups (broad SMARTS) is 1. The summed E-state index contributed by atoms with van der Waals surface area (Å²) in [4.78, 5) is 10.2. The maximum absolute atomic E-state index is 10.2. The summed E-state index contributed by atoms with van der Waals surface area (Å²) in [5, 5.41) is 8.41. The van der Waals surface area contributed by atoms with Gasteiger partial charge in [0, 0.05) is 6.08 Å². The van der Waals surface area contributed by atoms with Crippen LogP contribution in [0.5, 0.6) is 0 Å². The van der Waals surface area contributed by atoms with Crippen LogP contribution >= 0.6 is 0 Å². The van der Waals surface area contributed by atoms with Crippen molar-refractivity contribution in [3.63, 3.8) is 0 Å². The second-order valence-corrected chi connectivity index (χ2v) is 1.63. The van der Waals surface area contributed by atoms with Crippen molar-refractivity contribution in [2.24, 2.45) is 5.92 Å². The summed E-state index contributed by atoms with van der Waals surface area (Å²) >= 11 is 0. The second-order valence-electron chi connectivity index (χ2n) is 1.63. The normalized spacial score (nSPS) is 10.9. The van der Waals surface area contributed by atoms with Crippen LogP contribution in [0.1, 0.15) is 6.92 Å². The SMILES string of the molecule is C=CC([C]=C=CC)C(=O)O. The molecule has 1 radical (unpaired) electrons. The summed E-state index contributed by atoms with van der Waals surface area (Å²) in [7, 11) is 0. The molecule has 0 spiro atoms. The first-order valence-electron chi connectivity index (χ1n) is 2.86. The molecule has 1 N–H and O–H groups in total. The fourth-order valence-corrected chi connectivity index (χ4v) is 0.395. The fraction of sp³-hybridized carbons (Fsp3) is 0.250. The lowest BCUT2D eigenvalue weighted by molar-refractivity contribution is -0.138. The summed E-state index contributed by atoms with van der Waals surface area (Å²) in [6, 6.07) is 0. The molecule has 0 aliphatic heterocycles. The van der Waals surface area contributed by atoms with E-state index in [0.717, 1.165) is 0 Å². The Kier molecular flexibility index (Phi) is 4.01. The van der Waals surface area contributed by atoms with E-state index in [2.05, 4.69) is 18.4 Å². The summed E-state index contributed by atoms with van der Waals surface area (Å²) in [5.41, 5.74) is 2.55. The lowest BCUT2D eigenvalue weighted by atomic mass is 10.1. The van der Waals surface area contributed by atoms with Gasteiger partial charge in [-0.05, 0) is 13.0 Å². The lowest BCUT2D eigenvalue weighted by Crippen LogP contribution is -2.07. The van der Waals surface area contributed by atoms with Gasteiger partial charge in [-0.1, -0.05) is 6.08 Å². The highest BCUT2D eigenvalue weighted by Crippen LogP contribution is 1.96. The number of hydrogen-bond acceptors (Lipinski definition) is 1. The van der Waals surface area contributed by atoms with E-state index in [1.807, 2.05) is 0 Å². The summed E-state index contributed by atoms with van der Waals surface area (Å²) in [5.74, 6) is -1.69. The third kappa shape index (κ3) is 2.90. The minimum atomic E-state index is -0.954. The van der Waals surface area contributed by atoms with E-state index in [0.29, 0.717) is 0 Å². The highest BCUT2D eigenvalue weighted by molar-refractivity contribution is 5.73. The van der Waals surface area contributed by atoms with Gasteiger partial charge >= 0.3 is 5.97 Å². The lowest BCUT2D eigenvalue weighted by Gasteiger charge is -1.93. The molecule has 10 heavy (non-hydrogen) atoms. The largest absolute Gasteiger partial charge is 0.481 e. The van der Waals surface area contributed by atoms with Gasteiger partial charge in [-0.15, -0.1) is 12.3 Å². The van der Waals surface area contributed by atoms with Crippen molar-refractivity contribution < 1.29 is 9.90 Å². The highest BCUT2D eigenvalue weighted by Gasteiger charge is 2.07. The quantitative estimate of drug-likeness (QED) is 0.471. The van der Waals surface area contributed by atoms with Crippen molar-refractivity contribution in [1.82, 2.24) is 0 Å². The molecule has 1 atom stereocenters. The molecule has 0 saturated heterocycles. The van der Waals surface area contributed by atoms with Gasteiger partial charge in [0.2, 0.25) is 0 Å². The fourth-order valence-electron chi connectivity index (χ4n) is 0.395. The van der Waals surface area contributed by atoms with Gasteiger partial charge in [-0.2, -0.15) is 0 Å². The standard InChI is InChI=1S/C8H9O2/c1-3-5-6-7(4-2)8(9)10/h3-4,7H,2H2,1H3,(H,9,10). The topological polar surface area (TPSA) is 37.3 Å². The molecule has 0 aromatic carbocycles. The van der Waals surface area contributed by atoms with Crippen LogP contribution in [0.15, 0.2) is 24.5 Å². The Morgan fingerprint density at radius 1 is 1.80 bits per heavy atom. The van der Waals surface area contributed by atoms with Gasteiger partial charge in [0.1, 0.15) is 5.92 Å². The van der Waals surface area contributed by atoms with E-state index in [4.69, 9.17) is 5.11 Å². The van der Waals surface area contributed by atoms with Crippen molar-refractivity contribution >= 4 is 5.97 Å². The van der Waals surface area contributed by atoms with Gasteiger partial charge in [0.05, 0.1) is 0 Å². The maximum Gasteiger partial charge on any atom is 0.315 e. The number of hydrogen-bond donors (Lipinski definition) is 1. The summed E-state index contributed by atoms with van der Waals surface area (Å²) in [6.07, 6.45) is 5.40. The zero-order valence-electron chi connectivity index (χ0n) is 5.79. The van der Waals surface area contributed by atoms with Gasteiger partial charge < -0.3 is 5.11 Å². The predicted octanol–water partition coefficient (Wildman–Crippen LogP) is 1.41. The van der Waals surface area contributed by atoms with Crippen LogP contribution in [-0.2, 0) is 4.79 Å². The molecule has 0 amide bonds. The van der Waals surface area contributed by atoms with Gasteiger partial charge in [-0.25, -0.2) is 0 Å². The van der Waals surface area contributed by atoms with E-state index >= 15 is 0 Å². The van der Waals surface area contributed by atoms with Crippen molar-refractivity contribution in [3.05, 3.63) is 30.5 Å². The van der Waals surface area contributed by atoms with Crippen LogP contribution in [0.4, 0.5) is 0 Å². The Hall–Kier alpha value is -1.27. The maximum atomic E-state index is 10.2. The summed E-state index contributed by atoms with van der Waals surface area (Å²) < 4.78 is 0. The molecule has 0 saturated carbocycles. The molecule has 2 heteroatoms. The molecule has 53 valence electrons. The van der Waals surface area contributed by atoms with Crippen LogP contribution < -0.4 is 0 Å². The smallest absolute Gasteiger partial charge is 0.315 e. The van der Waals surface area contributed by atoms with Crippen LogP contribution in [0.25, 0.3) is 0 Å². The molecule has 1 unspecified atom stereocenters. The molecule has 0 aromatic heterocycles. The van der Waals surface area contributed by atoms with E-state index in [-0.39, 0.29) is 0 Å². The van der Waals surface area contributed by atoms with Gasteiger partial charge in [0.15, 0.2) is 0 Å². The second kappa shape index (κ2) is 4.59. The monoisotopic (exact) mass is 137 g/mol. The third-order valence-electron chi connectivity index (χ3n) is 0.885. The number of carbonyl (C=O) groups is 1. The van der Waals surface area contributed by atoms with E-state index < -0.39 is 11.9 Å². The van der Waals surface area contributed by atoms with Crippen molar-refractivity contribution in [2.45, 2.75) is 6.92 Å². The Morgan fingerprint density at radius 3 is 2.70 bits per heavy atom. The predicted molar refractivity (Wildman–Crippen MR) is 38.3 cm³/mol. The number of aliphatic carboxylic acids is 1. The van der Waals surface area contributed by atoms with Gasteiger partial charge in [0.25, 0.3) is 0 Å². The van der Waals surface area contributed by atoms with Crippen LogP contribution in [0.3, 0.4) is 0 Å². The first-order chi connectivity index (χ1) is 4.72. The molecular formula is C8H9O2. The molecular weight excluding hydrogens is 128 g/mol. The van der Waals surface area contributed by atoms with Crippen LogP contribution in [0, 0.1) is 12.0 Å². The van der Waals surface area contributed by atoms with Gasteiger partial charge in [-0.3, -0.25) is 4.79 Å². The molecule has 2 nitrogen and oxygen atoms in total. The first-order valence-corrected chi connectivity index (χ1v) is 2.86. The summed E-state index contributed by atoms with van der Waals surface area (Å²) in [6.45, 7) is 5.08. The van der Waals surface area contributed by atoms with E-state index in [9.17, 15) is 4.79 Å². The Morgan fingerprint density at radius 2 is 2.40 bits per heavy atom. The molecule has 0 heterocycles. The molecule has 0 aliphatic rings. The van der Waals surface area contributed by atoms with Crippen LogP contribution in [0.2, 0.25) is 0 Å². The van der Waals surface area contributed by atoms with Crippen LogP contribution in [-0.4, -0.2) is 11.1 Å². The van der Waals surface area contributed by atoms with Crippen molar-refractivity contribution in [3.8, 4) is 0 Å². The molecule has 0 rings (SSSR count).